The summed E-state index contributed by atoms with van der Waals surface area (Å²) in [5, 5.41) is 6.42. The third kappa shape index (κ3) is 3.73. The van der Waals surface area contributed by atoms with Crippen LogP contribution < -0.4 is 5.32 Å². The number of nitrogens with one attached hydrogen (secondary N) is 1. The van der Waals surface area contributed by atoms with Gasteiger partial charge in [-0.1, -0.05) is 43.3 Å². The number of aryl methyl sites for hydroxylation is 2. The lowest BCUT2D eigenvalue weighted by atomic mass is 10.0. The van der Waals surface area contributed by atoms with Crippen molar-refractivity contribution in [2.75, 3.05) is 25.0 Å². The van der Waals surface area contributed by atoms with Crippen molar-refractivity contribution in [1.82, 2.24) is 15.0 Å². The highest BCUT2D eigenvalue weighted by Crippen LogP contribution is 2.23. The molecule has 128 valence electrons. The molecule has 7 heteroatoms. The standard InChI is InChI=1S/C17H22N4O3/c1-3-12-5-7-13(8-6-12)14-11-21(9-10-23-14)17(22)19-16-18-15(4-2)20-24-16/h5-8,14H,3-4,9-11H2,1-2H3,(H,18,19,20,22)/t14-/m1/s1. The van der Waals surface area contributed by atoms with Crippen molar-refractivity contribution in [1.29, 1.82) is 0 Å². The van der Waals surface area contributed by atoms with E-state index in [0.717, 1.165) is 12.0 Å². The maximum Gasteiger partial charge on any atom is 0.329 e. The fourth-order valence-corrected chi connectivity index (χ4v) is 2.62. The molecule has 1 saturated heterocycles. The van der Waals surface area contributed by atoms with Crippen LogP contribution in [0.5, 0.6) is 0 Å². The van der Waals surface area contributed by atoms with Crippen molar-refractivity contribution in [3.63, 3.8) is 0 Å². The number of nitrogens with zero attached hydrogens (tertiary/aromatic N) is 3. The first kappa shape index (κ1) is 16.4. The van der Waals surface area contributed by atoms with Gasteiger partial charge < -0.3 is 14.2 Å². The van der Waals surface area contributed by atoms with Crippen LogP contribution >= 0.6 is 0 Å². The van der Waals surface area contributed by atoms with Gasteiger partial charge in [-0.25, -0.2) is 4.79 Å². The van der Waals surface area contributed by atoms with Crippen molar-refractivity contribution < 1.29 is 14.1 Å². The zero-order valence-electron chi connectivity index (χ0n) is 14.0. The third-order valence-electron chi connectivity index (χ3n) is 4.11. The molecule has 24 heavy (non-hydrogen) atoms. The van der Waals surface area contributed by atoms with Gasteiger partial charge in [0.05, 0.1) is 13.2 Å². The van der Waals surface area contributed by atoms with Crippen LogP contribution in [0.1, 0.15) is 36.9 Å². The molecule has 1 atom stereocenters. The van der Waals surface area contributed by atoms with Gasteiger partial charge in [-0.3, -0.25) is 5.32 Å². The van der Waals surface area contributed by atoms with Crippen LogP contribution in [0.2, 0.25) is 0 Å². The smallest absolute Gasteiger partial charge is 0.329 e. The number of urea groups is 1. The Balaban J connectivity index is 1.62. The first-order chi connectivity index (χ1) is 11.7. The molecule has 7 nitrogen and oxygen atoms in total. The van der Waals surface area contributed by atoms with E-state index >= 15 is 0 Å². The zero-order valence-corrected chi connectivity index (χ0v) is 14.0. The fourth-order valence-electron chi connectivity index (χ4n) is 2.62. The number of carbonyl (C=O) groups excluding carboxylic acids is 1. The van der Waals surface area contributed by atoms with E-state index in [2.05, 4.69) is 46.6 Å². The maximum atomic E-state index is 12.4. The summed E-state index contributed by atoms with van der Waals surface area (Å²) in [7, 11) is 0. The van der Waals surface area contributed by atoms with Crippen LogP contribution in [0.25, 0.3) is 0 Å². The topological polar surface area (TPSA) is 80.5 Å². The molecule has 0 radical (unpaired) electrons. The Morgan fingerprint density at radius 2 is 2.08 bits per heavy atom. The van der Waals surface area contributed by atoms with E-state index in [1.807, 2.05) is 6.92 Å². The Labute approximate surface area is 141 Å². The van der Waals surface area contributed by atoms with E-state index in [1.54, 1.807) is 4.90 Å². The van der Waals surface area contributed by atoms with Gasteiger partial charge in [0.1, 0.15) is 6.10 Å². The number of ether oxygens (including phenoxy) is 1. The van der Waals surface area contributed by atoms with Gasteiger partial charge in [-0.2, -0.15) is 4.98 Å². The Bertz CT molecular complexity index is 683. The Morgan fingerprint density at radius 3 is 2.75 bits per heavy atom. The molecule has 2 aromatic rings. The summed E-state index contributed by atoms with van der Waals surface area (Å²) in [5.74, 6) is 0.571. The highest BCUT2D eigenvalue weighted by Gasteiger charge is 2.26. The van der Waals surface area contributed by atoms with E-state index in [4.69, 9.17) is 9.26 Å². The number of benzene rings is 1. The highest BCUT2D eigenvalue weighted by molar-refractivity contribution is 5.87. The van der Waals surface area contributed by atoms with Gasteiger partial charge in [0.2, 0.25) is 0 Å². The SMILES string of the molecule is CCc1ccc([C@H]2CN(C(=O)Nc3nc(CC)no3)CCO2)cc1. The molecule has 3 rings (SSSR count). The average molecular weight is 330 g/mol. The summed E-state index contributed by atoms with van der Waals surface area (Å²) in [4.78, 5) is 18.2. The van der Waals surface area contributed by atoms with Crippen LogP contribution in [0.15, 0.2) is 28.8 Å². The minimum Gasteiger partial charge on any atom is -0.370 e. The summed E-state index contributed by atoms with van der Waals surface area (Å²) in [6, 6.07) is 8.21. The van der Waals surface area contributed by atoms with E-state index in [0.29, 0.717) is 31.9 Å². The number of rotatable bonds is 4. The maximum absolute atomic E-state index is 12.4. The number of aromatic nitrogens is 2. The molecule has 1 aliphatic heterocycles. The Morgan fingerprint density at radius 1 is 1.29 bits per heavy atom. The number of carbonyl (C=O) groups is 1. The van der Waals surface area contributed by atoms with Crippen molar-refractivity contribution in [2.24, 2.45) is 0 Å². The molecular weight excluding hydrogens is 308 g/mol. The molecule has 1 aromatic heterocycles. The van der Waals surface area contributed by atoms with Crippen molar-refractivity contribution in [3.05, 3.63) is 41.2 Å². The average Bonchev–Trinajstić information content (AvgIpc) is 3.09. The number of hydrogen-bond donors (Lipinski definition) is 1. The monoisotopic (exact) mass is 330 g/mol. The lowest BCUT2D eigenvalue weighted by molar-refractivity contribution is -0.0135. The van der Waals surface area contributed by atoms with Gasteiger partial charge in [0.25, 0.3) is 0 Å². The predicted molar refractivity (Wildman–Crippen MR) is 88.8 cm³/mol. The number of morpholine rings is 1. The normalized spacial score (nSPS) is 17.8. The first-order valence-corrected chi connectivity index (χ1v) is 8.28. The molecule has 0 spiro atoms. The van der Waals surface area contributed by atoms with Crippen molar-refractivity contribution in [2.45, 2.75) is 32.8 Å². The quantitative estimate of drug-likeness (QED) is 0.932. The minimum absolute atomic E-state index is 0.121. The molecule has 0 unspecified atom stereocenters. The van der Waals surface area contributed by atoms with E-state index in [9.17, 15) is 4.79 Å². The highest BCUT2D eigenvalue weighted by atomic mass is 16.5. The summed E-state index contributed by atoms with van der Waals surface area (Å²) in [5.41, 5.74) is 2.36. The van der Waals surface area contributed by atoms with Crippen LogP contribution in [0.4, 0.5) is 10.8 Å². The number of hydrogen-bond acceptors (Lipinski definition) is 5. The molecule has 0 bridgehead atoms. The first-order valence-electron chi connectivity index (χ1n) is 8.28. The fraction of sp³-hybridized carbons (Fsp3) is 0.471. The molecule has 2 heterocycles. The van der Waals surface area contributed by atoms with Gasteiger partial charge in [-0.05, 0) is 17.5 Å². The van der Waals surface area contributed by atoms with E-state index < -0.39 is 0 Å². The molecule has 1 aromatic carbocycles. The Hall–Kier alpha value is -2.41. The second kappa shape index (κ2) is 7.44. The molecule has 0 saturated carbocycles. The third-order valence-corrected chi connectivity index (χ3v) is 4.11. The molecular formula is C17H22N4O3. The largest absolute Gasteiger partial charge is 0.370 e. The van der Waals surface area contributed by atoms with E-state index in [1.165, 1.54) is 5.56 Å². The lowest BCUT2D eigenvalue weighted by Gasteiger charge is -2.32. The van der Waals surface area contributed by atoms with E-state index in [-0.39, 0.29) is 18.1 Å². The summed E-state index contributed by atoms with van der Waals surface area (Å²) >= 11 is 0. The van der Waals surface area contributed by atoms with Crippen molar-refractivity contribution >= 4 is 12.0 Å². The van der Waals surface area contributed by atoms with Gasteiger partial charge >= 0.3 is 12.0 Å². The molecule has 1 aliphatic rings. The van der Waals surface area contributed by atoms with Gasteiger partial charge in [-0.15, -0.1) is 0 Å². The van der Waals surface area contributed by atoms with Crippen LogP contribution in [-0.2, 0) is 17.6 Å². The van der Waals surface area contributed by atoms with Crippen LogP contribution in [0.3, 0.4) is 0 Å². The molecule has 1 fully saturated rings. The van der Waals surface area contributed by atoms with Gasteiger partial charge in [0, 0.05) is 13.0 Å². The predicted octanol–water partition coefficient (Wildman–Crippen LogP) is 2.80. The number of anilines is 1. The molecule has 2 amide bonds. The zero-order chi connectivity index (χ0) is 16.9. The number of amides is 2. The van der Waals surface area contributed by atoms with Crippen LogP contribution in [0, 0.1) is 0 Å². The lowest BCUT2D eigenvalue weighted by Crippen LogP contribution is -2.44. The molecule has 1 N–H and O–H groups in total. The van der Waals surface area contributed by atoms with Gasteiger partial charge in [0.15, 0.2) is 5.82 Å². The van der Waals surface area contributed by atoms with Crippen LogP contribution in [-0.4, -0.2) is 40.8 Å². The Kier molecular flexibility index (Phi) is 5.10. The second-order valence-electron chi connectivity index (χ2n) is 5.70. The summed E-state index contributed by atoms with van der Waals surface area (Å²) in [6.45, 7) is 5.57. The second-order valence-corrected chi connectivity index (χ2v) is 5.70. The summed E-state index contributed by atoms with van der Waals surface area (Å²) < 4.78 is 10.8. The van der Waals surface area contributed by atoms with Crippen molar-refractivity contribution in [3.8, 4) is 0 Å². The summed E-state index contributed by atoms with van der Waals surface area (Å²) in [6.07, 6.45) is 1.54. The molecule has 0 aliphatic carbocycles. The minimum atomic E-state index is -0.250.